The molecule has 34 heavy (non-hydrogen) atoms. The number of rotatable bonds is 8. The zero-order chi connectivity index (χ0) is 25.3. The highest BCUT2D eigenvalue weighted by molar-refractivity contribution is 6.74. The third kappa shape index (κ3) is 5.52. The predicted octanol–water partition coefficient (Wildman–Crippen LogP) is 5.01. The molecule has 1 aromatic heterocycles. The zero-order valence-corrected chi connectivity index (χ0v) is 23.4. The summed E-state index contributed by atoms with van der Waals surface area (Å²) in [7, 11) is 0.307. The number of anilines is 1. The van der Waals surface area contributed by atoms with E-state index in [1.165, 1.54) is 10.9 Å². The van der Waals surface area contributed by atoms with Crippen LogP contribution in [0.1, 0.15) is 58.6 Å². The molecule has 0 spiro atoms. The van der Waals surface area contributed by atoms with Gasteiger partial charge in [-0.3, -0.25) is 4.79 Å². The fraction of sp³-hybridized carbons (Fsp3) is 0.667. The fourth-order valence-corrected chi connectivity index (χ4v) is 5.86. The van der Waals surface area contributed by atoms with E-state index in [2.05, 4.69) is 81.2 Å². The van der Waals surface area contributed by atoms with Crippen LogP contribution in [-0.4, -0.2) is 56.7 Å². The molecule has 2 atom stereocenters. The van der Waals surface area contributed by atoms with Gasteiger partial charge in [0.1, 0.15) is 6.04 Å². The molecule has 190 valence electrons. The first kappa shape index (κ1) is 26.8. The van der Waals surface area contributed by atoms with E-state index in [-0.39, 0.29) is 35.6 Å². The maximum absolute atomic E-state index is 13.1. The summed E-state index contributed by atoms with van der Waals surface area (Å²) in [4.78, 5) is 18.7. The number of benzene rings is 1. The van der Waals surface area contributed by atoms with Crippen LogP contribution in [0.2, 0.25) is 18.1 Å². The number of hydrogen-bond acceptors (Lipinski definition) is 4. The summed E-state index contributed by atoms with van der Waals surface area (Å²) >= 11 is 0. The maximum Gasteiger partial charge on any atom is 0.243 e. The Labute approximate surface area is 206 Å². The van der Waals surface area contributed by atoms with Crippen LogP contribution in [0.15, 0.2) is 18.3 Å². The first-order chi connectivity index (χ1) is 15.9. The molecular formula is C27H45N3O3Si. The molecule has 1 amide bonds. The molecule has 2 aromatic rings. The third-order valence-electron chi connectivity index (χ3n) is 7.82. The van der Waals surface area contributed by atoms with Crippen molar-refractivity contribution in [3.05, 3.63) is 29.5 Å². The molecular weight excluding hydrogens is 442 g/mol. The van der Waals surface area contributed by atoms with Gasteiger partial charge in [0.05, 0.1) is 18.2 Å². The lowest BCUT2D eigenvalue weighted by Gasteiger charge is -2.36. The number of nitrogens with one attached hydrogen (secondary N) is 2. The molecule has 0 aliphatic carbocycles. The molecule has 0 fully saturated rings. The van der Waals surface area contributed by atoms with E-state index in [1.54, 1.807) is 0 Å². The van der Waals surface area contributed by atoms with Crippen molar-refractivity contribution in [2.24, 2.45) is 5.92 Å². The van der Waals surface area contributed by atoms with Crippen LogP contribution in [0.25, 0.3) is 10.9 Å². The molecule has 0 saturated heterocycles. The van der Waals surface area contributed by atoms with Crippen LogP contribution in [0.3, 0.4) is 0 Å². The molecule has 0 saturated carbocycles. The third-order valence-corrected chi connectivity index (χ3v) is 12.4. The van der Waals surface area contributed by atoms with Crippen molar-refractivity contribution in [3.8, 4) is 0 Å². The molecule has 1 aromatic carbocycles. The number of aryl methyl sites for hydroxylation is 1. The van der Waals surface area contributed by atoms with Gasteiger partial charge < -0.3 is 24.7 Å². The fourth-order valence-electron chi connectivity index (χ4n) is 4.77. The van der Waals surface area contributed by atoms with Gasteiger partial charge in [-0.15, -0.1) is 0 Å². The summed E-state index contributed by atoms with van der Waals surface area (Å²) in [6, 6.07) is 3.79. The van der Waals surface area contributed by atoms with E-state index < -0.39 is 8.32 Å². The number of aliphatic hydroxyl groups is 1. The minimum atomic E-state index is -1.70. The number of hydrogen-bond donors (Lipinski definition) is 3. The first-order valence-corrected chi connectivity index (χ1v) is 15.7. The van der Waals surface area contributed by atoms with Gasteiger partial charge in [0.25, 0.3) is 0 Å². The molecule has 2 heterocycles. The average molecular weight is 488 g/mol. The summed E-state index contributed by atoms with van der Waals surface area (Å²) < 4.78 is 6.36. The van der Waals surface area contributed by atoms with Crippen molar-refractivity contribution in [1.29, 1.82) is 0 Å². The Bertz CT molecular complexity index is 993. The topological polar surface area (TPSA) is 77.6 Å². The largest absolute Gasteiger partial charge is 0.417 e. The lowest BCUT2D eigenvalue weighted by Crippen LogP contribution is -2.52. The van der Waals surface area contributed by atoms with Crippen molar-refractivity contribution in [2.45, 2.75) is 90.5 Å². The van der Waals surface area contributed by atoms with E-state index in [0.717, 1.165) is 42.6 Å². The second-order valence-electron chi connectivity index (χ2n) is 11.8. The molecule has 7 heteroatoms. The molecule has 0 radical (unpaired) electrons. The van der Waals surface area contributed by atoms with Gasteiger partial charge in [-0.1, -0.05) is 40.7 Å². The van der Waals surface area contributed by atoms with Gasteiger partial charge >= 0.3 is 0 Å². The van der Waals surface area contributed by atoms with E-state index >= 15 is 0 Å². The van der Waals surface area contributed by atoms with Gasteiger partial charge in [-0.25, -0.2) is 0 Å². The Morgan fingerprint density at radius 2 is 1.94 bits per heavy atom. The molecule has 6 nitrogen and oxygen atoms in total. The molecule has 0 bridgehead atoms. The normalized spacial score (nSPS) is 19.8. The van der Waals surface area contributed by atoms with Gasteiger partial charge in [-0.05, 0) is 66.9 Å². The minimum Gasteiger partial charge on any atom is -0.417 e. The highest BCUT2D eigenvalue weighted by atomic mass is 28.4. The van der Waals surface area contributed by atoms with E-state index in [9.17, 15) is 9.90 Å². The number of aliphatic hydroxyl groups excluding tert-OH is 1. The lowest BCUT2D eigenvalue weighted by molar-refractivity contribution is -0.124. The van der Waals surface area contributed by atoms with Gasteiger partial charge in [0, 0.05) is 30.9 Å². The molecule has 0 unspecified atom stereocenters. The number of H-pyrrole nitrogens is 1. The minimum absolute atomic E-state index is 0.0235. The number of carbonyl (C=O) groups is 1. The number of amides is 1. The monoisotopic (exact) mass is 487 g/mol. The Balaban J connectivity index is 1.83. The van der Waals surface area contributed by atoms with Crippen LogP contribution >= 0.6 is 0 Å². The Morgan fingerprint density at radius 3 is 2.56 bits per heavy atom. The van der Waals surface area contributed by atoms with Crippen LogP contribution in [0.5, 0.6) is 0 Å². The van der Waals surface area contributed by atoms with Crippen molar-refractivity contribution < 1.29 is 14.3 Å². The molecule has 1 aliphatic heterocycles. The van der Waals surface area contributed by atoms with Gasteiger partial charge in [-0.2, -0.15) is 0 Å². The van der Waals surface area contributed by atoms with Crippen LogP contribution in [0, 0.1) is 5.92 Å². The number of aromatic amines is 1. The van der Waals surface area contributed by atoms with Crippen molar-refractivity contribution >= 4 is 30.8 Å². The predicted molar refractivity (Wildman–Crippen MR) is 144 cm³/mol. The van der Waals surface area contributed by atoms with Gasteiger partial charge in [0.15, 0.2) is 8.32 Å². The summed E-state index contributed by atoms with van der Waals surface area (Å²) in [5.74, 6) is 0.116. The number of carbonyl (C=O) groups excluding carboxylic acids is 1. The molecule has 3 rings (SSSR count). The van der Waals surface area contributed by atoms with Gasteiger partial charge in [0.2, 0.25) is 5.91 Å². The smallest absolute Gasteiger partial charge is 0.243 e. The standard InChI is InChI=1S/C27H45N3O3Si/c1-18(2)25-26(32)29-21(17-31)15-20-16-28-24-19(12-13-22(23(20)24)30(25)6)11-9-10-14-33-34(7,8)27(3,4)5/h12-13,16,18,21,25,28,31H,9-11,14-15,17H2,1-8H3,(H,29,32)/t21-,25+/m1/s1. The Kier molecular flexibility index (Phi) is 8.20. The SMILES string of the molecule is CC(C)[C@H]1C(=O)N[C@@H](CO)Cc2c[nH]c3c(CCCCO[Si](C)(C)C(C)(C)C)ccc(c23)N1C. The van der Waals surface area contributed by atoms with E-state index in [1.807, 2.05) is 7.05 Å². The molecule has 3 N–H and O–H groups in total. The summed E-state index contributed by atoms with van der Waals surface area (Å²) in [6.45, 7) is 16.3. The molecule has 1 aliphatic rings. The second-order valence-corrected chi connectivity index (χ2v) is 16.6. The highest BCUT2D eigenvalue weighted by Gasteiger charge is 2.37. The zero-order valence-electron chi connectivity index (χ0n) is 22.4. The number of likely N-dealkylation sites (N-methyl/N-ethyl adjacent to an activating group) is 1. The van der Waals surface area contributed by atoms with Crippen molar-refractivity contribution in [1.82, 2.24) is 10.3 Å². The number of unbranched alkanes of at least 4 members (excludes halogenated alkanes) is 1. The highest BCUT2D eigenvalue weighted by Crippen LogP contribution is 2.37. The van der Waals surface area contributed by atoms with E-state index in [4.69, 9.17) is 4.43 Å². The number of aromatic nitrogens is 1. The van der Waals surface area contributed by atoms with E-state index in [0.29, 0.717) is 6.42 Å². The number of nitrogens with zero attached hydrogens (tertiary/aromatic N) is 1. The lowest BCUT2D eigenvalue weighted by atomic mass is 9.98. The maximum atomic E-state index is 13.1. The average Bonchev–Trinajstić information content (AvgIpc) is 3.16. The Morgan fingerprint density at radius 1 is 1.24 bits per heavy atom. The van der Waals surface area contributed by atoms with Crippen LogP contribution in [0.4, 0.5) is 5.69 Å². The first-order valence-electron chi connectivity index (χ1n) is 12.8. The Hall–Kier alpha value is -1.83. The second kappa shape index (κ2) is 10.4. The van der Waals surface area contributed by atoms with Crippen LogP contribution in [-0.2, 0) is 22.1 Å². The quantitative estimate of drug-likeness (QED) is 0.361. The van der Waals surface area contributed by atoms with Crippen molar-refractivity contribution in [3.63, 3.8) is 0 Å². The van der Waals surface area contributed by atoms with Crippen molar-refractivity contribution in [2.75, 3.05) is 25.2 Å². The summed E-state index contributed by atoms with van der Waals surface area (Å²) in [5, 5.41) is 14.4. The van der Waals surface area contributed by atoms with Crippen LogP contribution < -0.4 is 10.2 Å². The summed E-state index contributed by atoms with van der Waals surface area (Å²) in [6.07, 6.45) is 5.76. The summed E-state index contributed by atoms with van der Waals surface area (Å²) in [5.41, 5.74) is 4.66.